The van der Waals surface area contributed by atoms with Crippen molar-refractivity contribution in [2.45, 2.75) is 50.6 Å². The van der Waals surface area contributed by atoms with Crippen molar-refractivity contribution in [1.82, 2.24) is 0 Å². The minimum absolute atomic E-state index is 0.0185. The summed E-state index contributed by atoms with van der Waals surface area (Å²) in [5.74, 6) is 0.910. The smallest absolute Gasteiger partial charge is 0.310 e. The Bertz CT molecular complexity index is 759. The highest BCUT2D eigenvalue weighted by atomic mass is 16.7. The molecule has 3 unspecified atom stereocenters. The molecule has 5 aliphatic rings. The Kier molecular flexibility index (Phi) is 3.22. The molecule has 2 aliphatic heterocycles. The van der Waals surface area contributed by atoms with Gasteiger partial charge in [0.2, 0.25) is 0 Å². The summed E-state index contributed by atoms with van der Waals surface area (Å²) in [7, 11) is 0. The van der Waals surface area contributed by atoms with Gasteiger partial charge in [-0.05, 0) is 55.1 Å². The Morgan fingerprint density at radius 3 is 2.62 bits per heavy atom. The van der Waals surface area contributed by atoms with E-state index >= 15 is 0 Å². The number of allylic oxidation sites excluding steroid dienone is 2. The van der Waals surface area contributed by atoms with Crippen molar-refractivity contribution in [3.8, 4) is 0 Å². The summed E-state index contributed by atoms with van der Waals surface area (Å²) < 4.78 is 18.1. The number of esters is 1. The molecule has 6 rings (SSSR count). The van der Waals surface area contributed by atoms with Gasteiger partial charge in [-0.3, -0.25) is 4.79 Å². The van der Waals surface area contributed by atoms with Crippen molar-refractivity contribution in [3.05, 3.63) is 47.5 Å². The van der Waals surface area contributed by atoms with Crippen LogP contribution < -0.4 is 0 Å². The third-order valence-corrected chi connectivity index (χ3v) is 7.29. The van der Waals surface area contributed by atoms with Gasteiger partial charge in [-0.15, -0.1) is 0 Å². The lowest BCUT2D eigenvalue weighted by Gasteiger charge is -2.43. The Morgan fingerprint density at radius 1 is 1.12 bits per heavy atom. The van der Waals surface area contributed by atoms with Crippen LogP contribution in [0.5, 0.6) is 0 Å². The van der Waals surface area contributed by atoms with Gasteiger partial charge < -0.3 is 14.2 Å². The molecule has 0 radical (unpaired) electrons. The van der Waals surface area contributed by atoms with Crippen molar-refractivity contribution < 1.29 is 19.0 Å². The fourth-order valence-electron chi connectivity index (χ4n) is 6.11. The van der Waals surface area contributed by atoms with E-state index < -0.39 is 6.29 Å². The second-order valence-corrected chi connectivity index (χ2v) is 8.89. The zero-order valence-corrected chi connectivity index (χ0v) is 14.8. The summed E-state index contributed by atoms with van der Waals surface area (Å²) in [6.07, 6.45) is 8.77. The Balaban J connectivity index is 1.29. The van der Waals surface area contributed by atoms with E-state index in [4.69, 9.17) is 14.2 Å². The topological polar surface area (TPSA) is 44.8 Å². The number of carbonyl (C=O) groups is 1. The molecule has 6 atom stereocenters. The monoisotopic (exact) mass is 352 g/mol. The first-order chi connectivity index (χ1) is 12.7. The lowest BCUT2D eigenvalue weighted by Crippen LogP contribution is -2.52. The molecule has 3 aliphatic carbocycles. The van der Waals surface area contributed by atoms with Crippen molar-refractivity contribution >= 4 is 5.97 Å². The number of fused-ring (bicyclic) bond motifs is 5. The summed E-state index contributed by atoms with van der Waals surface area (Å²) >= 11 is 0. The predicted octanol–water partition coefficient (Wildman–Crippen LogP) is 3.04. The SMILES string of the molecule is O=C(O[C@@H]1[C@@H]2OC[C@H](CC13Cc1ccccc1C3)O2)C1CC2C=CC1C2. The zero-order valence-electron chi connectivity index (χ0n) is 14.8. The van der Waals surface area contributed by atoms with Crippen LogP contribution >= 0.6 is 0 Å². The first kappa shape index (κ1) is 15.4. The molecule has 136 valence electrons. The molecule has 26 heavy (non-hydrogen) atoms. The number of rotatable bonds is 2. The third kappa shape index (κ3) is 2.18. The maximum Gasteiger partial charge on any atom is 0.310 e. The highest BCUT2D eigenvalue weighted by Gasteiger charge is 2.58. The normalized spacial score (nSPS) is 40.9. The van der Waals surface area contributed by atoms with Crippen LogP contribution in [-0.4, -0.2) is 31.1 Å². The minimum Gasteiger partial charge on any atom is -0.456 e. The molecule has 0 aromatic heterocycles. The number of ether oxygens (including phenoxy) is 3. The molecule has 1 aromatic carbocycles. The number of benzene rings is 1. The van der Waals surface area contributed by atoms with Gasteiger partial charge in [-0.1, -0.05) is 36.4 Å². The maximum atomic E-state index is 13.0. The predicted molar refractivity (Wildman–Crippen MR) is 94.2 cm³/mol. The highest BCUT2D eigenvalue weighted by molar-refractivity contribution is 5.74. The standard InChI is InChI=1S/C22H24O4/c23-20(18-8-13-5-6-14(18)7-13)26-19-21-24-12-17(25-21)11-22(19)9-15-3-1-2-4-16(15)10-22/h1-6,13-14,17-19,21H,7-12H2/t13?,14?,17-,18?,19+,21+/m0/s1. The van der Waals surface area contributed by atoms with E-state index in [2.05, 4.69) is 36.4 Å². The van der Waals surface area contributed by atoms with Gasteiger partial charge in [0.05, 0.1) is 18.6 Å². The Labute approximate surface area is 153 Å². The van der Waals surface area contributed by atoms with Crippen LogP contribution in [0.4, 0.5) is 0 Å². The summed E-state index contributed by atoms with van der Waals surface area (Å²) in [5, 5.41) is 0. The Morgan fingerprint density at radius 2 is 1.92 bits per heavy atom. The molecular weight excluding hydrogens is 328 g/mol. The van der Waals surface area contributed by atoms with E-state index in [-0.39, 0.29) is 29.5 Å². The first-order valence-corrected chi connectivity index (χ1v) is 9.93. The summed E-state index contributed by atoms with van der Waals surface area (Å²) in [6, 6.07) is 8.62. The molecule has 4 heteroatoms. The lowest BCUT2D eigenvalue weighted by atomic mass is 9.73. The second-order valence-electron chi connectivity index (χ2n) is 8.89. The van der Waals surface area contributed by atoms with Crippen LogP contribution in [0.15, 0.2) is 36.4 Å². The van der Waals surface area contributed by atoms with Gasteiger partial charge in [0.1, 0.15) is 0 Å². The van der Waals surface area contributed by atoms with Gasteiger partial charge in [0.15, 0.2) is 12.4 Å². The Hall–Kier alpha value is -1.65. The average molecular weight is 352 g/mol. The molecule has 4 nitrogen and oxygen atoms in total. The zero-order chi connectivity index (χ0) is 17.3. The number of hydrogen-bond acceptors (Lipinski definition) is 4. The summed E-state index contributed by atoms with van der Waals surface area (Å²) in [5.41, 5.74) is 2.70. The van der Waals surface area contributed by atoms with Crippen molar-refractivity contribution in [1.29, 1.82) is 0 Å². The van der Waals surface area contributed by atoms with Gasteiger partial charge >= 0.3 is 5.97 Å². The van der Waals surface area contributed by atoms with E-state index in [1.807, 2.05) is 0 Å². The fraction of sp³-hybridized carbons (Fsp3) is 0.591. The molecule has 2 saturated heterocycles. The second kappa shape index (κ2) is 5.43. The summed E-state index contributed by atoms with van der Waals surface area (Å²) in [4.78, 5) is 13.0. The summed E-state index contributed by atoms with van der Waals surface area (Å²) in [6.45, 7) is 0.619. The van der Waals surface area contributed by atoms with E-state index in [0.717, 1.165) is 32.1 Å². The maximum absolute atomic E-state index is 13.0. The van der Waals surface area contributed by atoms with Crippen LogP contribution in [-0.2, 0) is 31.8 Å². The lowest BCUT2D eigenvalue weighted by molar-refractivity contribution is -0.225. The van der Waals surface area contributed by atoms with E-state index in [1.165, 1.54) is 11.1 Å². The van der Waals surface area contributed by atoms with Crippen molar-refractivity contribution in [2.75, 3.05) is 6.61 Å². The molecule has 1 spiro atoms. The highest BCUT2D eigenvalue weighted by Crippen LogP contribution is 2.52. The van der Waals surface area contributed by atoms with Crippen LogP contribution in [0.1, 0.15) is 30.4 Å². The molecular formula is C22H24O4. The molecule has 4 bridgehead atoms. The van der Waals surface area contributed by atoms with Gasteiger partial charge in [-0.25, -0.2) is 0 Å². The van der Waals surface area contributed by atoms with Crippen molar-refractivity contribution in [2.24, 2.45) is 23.2 Å². The number of hydrogen-bond donors (Lipinski definition) is 0. The van der Waals surface area contributed by atoms with Crippen LogP contribution in [0.3, 0.4) is 0 Å². The van der Waals surface area contributed by atoms with E-state index in [9.17, 15) is 4.79 Å². The van der Waals surface area contributed by atoms with Crippen LogP contribution in [0.2, 0.25) is 0 Å². The molecule has 1 saturated carbocycles. The van der Waals surface area contributed by atoms with Crippen LogP contribution in [0.25, 0.3) is 0 Å². The molecule has 1 aromatic rings. The van der Waals surface area contributed by atoms with Gasteiger partial charge in [0, 0.05) is 5.41 Å². The van der Waals surface area contributed by atoms with E-state index in [0.29, 0.717) is 18.4 Å². The van der Waals surface area contributed by atoms with Crippen LogP contribution in [0, 0.1) is 23.2 Å². The quantitative estimate of drug-likeness (QED) is 0.606. The third-order valence-electron chi connectivity index (χ3n) is 7.29. The van der Waals surface area contributed by atoms with Gasteiger partial charge in [-0.2, -0.15) is 0 Å². The van der Waals surface area contributed by atoms with Crippen molar-refractivity contribution in [3.63, 3.8) is 0 Å². The largest absolute Gasteiger partial charge is 0.456 e. The van der Waals surface area contributed by atoms with E-state index in [1.54, 1.807) is 0 Å². The molecule has 0 amide bonds. The number of carbonyl (C=O) groups excluding carboxylic acids is 1. The fourth-order valence-corrected chi connectivity index (χ4v) is 6.11. The average Bonchev–Trinajstić information content (AvgIpc) is 3.41. The first-order valence-electron chi connectivity index (χ1n) is 9.93. The molecule has 0 N–H and O–H groups in total. The van der Waals surface area contributed by atoms with Gasteiger partial charge in [0.25, 0.3) is 0 Å². The molecule has 2 heterocycles. The minimum atomic E-state index is -0.402. The molecule has 3 fully saturated rings.